The molecule has 1 aromatic carbocycles. The molecule has 8 heteroatoms. The third kappa shape index (κ3) is 27.4. The van der Waals surface area contributed by atoms with Gasteiger partial charge in [-0.15, -0.1) is 0 Å². The molecule has 0 heterocycles. The number of carbonyl (C=O) groups is 4. The molecule has 1 aromatic rings. The van der Waals surface area contributed by atoms with Crippen molar-refractivity contribution in [2.75, 3.05) is 13.2 Å². The van der Waals surface area contributed by atoms with Gasteiger partial charge >= 0.3 is 17.9 Å². The van der Waals surface area contributed by atoms with Gasteiger partial charge in [0.25, 0.3) is 6.47 Å². The summed E-state index contributed by atoms with van der Waals surface area (Å²) in [5.74, 6) is -1.30. The van der Waals surface area contributed by atoms with Crippen LogP contribution in [0.3, 0.4) is 0 Å². The maximum atomic E-state index is 10.2. The molecule has 1 rings (SSSR count). The highest BCUT2D eigenvalue weighted by molar-refractivity contribution is 5.87. The Morgan fingerprint density at radius 1 is 0.958 bits per heavy atom. The summed E-state index contributed by atoms with van der Waals surface area (Å²) < 4.78 is 8.81. The zero-order chi connectivity index (χ0) is 19.4. The zero-order valence-electron chi connectivity index (χ0n) is 14.2. The number of rotatable bonds is 3. The van der Waals surface area contributed by atoms with Gasteiger partial charge < -0.3 is 19.7 Å². The van der Waals surface area contributed by atoms with Crippen LogP contribution in [0.15, 0.2) is 30.3 Å². The first-order chi connectivity index (χ1) is 11.3. The van der Waals surface area contributed by atoms with Gasteiger partial charge in [-0.3, -0.25) is 14.4 Å². The van der Waals surface area contributed by atoms with E-state index in [4.69, 9.17) is 15.0 Å². The first kappa shape index (κ1) is 26.0. The van der Waals surface area contributed by atoms with Gasteiger partial charge in [0.1, 0.15) is 0 Å². The number of carboxylic acids is 1. The van der Waals surface area contributed by atoms with Crippen LogP contribution in [-0.4, -0.2) is 47.8 Å². The molecule has 0 bridgehead atoms. The SMILES string of the molecule is CCOC(C)=O.CCOC(C)=O.O=C(O)c1ccccc1.O=CO. The average molecular weight is 344 g/mol. The van der Waals surface area contributed by atoms with Gasteiger partial charge in [-0.05, 0) is 26.0 Å². The number of esters is 2. The van der Waals surface area contributed by atoms with E-state index in [-0.39, 0.29) is 18.4 Å². The lowest BCUT2D eigenvalue weighted by molar-refractivity contribution is -0.141. The Hall–Kier alpha value is -2.90. The maximum Gasteiger partial charge on any atom is 0.335 e. The zero-order valence-corrected chi connectivity index (χ0v) is 14.2. The highest BCUT2D eigenvalue weighted by atomic mass is 16.5. The molecule has 136 valence electrons. The summed E-state index contributed by atoms with van der Waals surface area (Å²) in [7, 11) is 0. The van der Waals surface area contributed by atoms with Crippen molar-refractivity contribution in [2.24, 2.45) is 0 Å². The molecule has 0 spiro atoms. The van der Waals surface area contributed by atoms with Crippen LogP contribution in [0.25, 0.3) is 0 Å². The minimum Gasteiger partial charge on any atom is -0.483 e. The number of aromatic carboxylic acids is 1. The quantitative estimate of drug-likeness (QED) is 0.631. The summed E-state index contributed by atoms with van der Waals surface area (Å²) in [6.45, 7) is 7.06. The van der Waals surface area contributed by atoms with E-state index >= 15 is 0 Å². The van der Waals surface area contributed by atoms with Crippen molar-refractivity contribution in [2.45, 2.75) is 27.7 Å². The molecular formula is C16H24O8. The van der Waals surface area contributed by atoms with E-state index in [1.165, 1.54) is 13.8 Å². The van der Waals surface area contributed by atoms with E-state index in [1.807, 2.05) is 0 Å². The molecule has 0 fully saturated rings. The van der Waals surface area contributed by atoms with Crippen molar-refractivity contribution in [1.29, 1.82) is 0 Å². The molecular weight excluding hydrogens is 320 g/mol. The van der Waals surface area contributed by atoms with Crippen LogP contribution in [0.5, 0.6) is 0 Å². The molecule has 0 radical (unpaired) electrons. The van der Waals surface area contributed by atoms with Crippen molar-refractivity contribution < 1.29 is 38.9 Å². The van der Waals surface area contributed by atoms with E-state index in [0.29, 0.717) is 18.8 Å². The molecule has 0 saturated heterocycles. The van der Waals surface area contributed by atoms with Crippen molar-refractivity contribution >= 4 is 24.4 Å². The summed E-state index contributed by atoms with van der Waals surface area (Å²) in [5.41, 5.74) is 0.331. The summed E-state index contributed by atoms with van der Waals surface area (Å²) in [6, 6.07) is 8.30. The van der Waals surface area contributed by atoms with Crippen molar-refractivity contribution in [3.63, 3.8) is 0 Å². The van der Waals surface area contributed by atoms with Crippen molar-refractivity contribution in [3.8, 4) is 0 Å². The van der Waals surface area contributed by atoms with Crippen LogP contribution >= 0.6 is 0 Å². The minimum atomic E-state index is -0.879. The molecule has 0 aliphatic rings. The normalized spacial score (nSPS) is 7.67. The third-order valence-corrected chi connectivity index (χ3v) is 1.72. The van der Waals surface area contributed by atoms with Gasteiger partial charge in [0, 0.05) is 13.8 Å². The fraction of sp³-hybridized carbons (Fsp3) is 0.375. The fourth-order valence-electron chi connectivity index (χ4n) is 0.987. The smallest absolute Gasteiger partial charge is 0.335 e. The Morgan fingerprint density at radius 2 is 1.29 bits per heavy atom. The van der Waals surface area contributed by atoms with Crippen molar-refractivity contribution in [3.05, 3.63) is 35.9 Å². The first-order valence-electron chi connectivity index (χ1n) is 6.89. The summed E-state index contributed by atoms with van der Waals surface area (Å²) in [6.07, 6.45) is 0. The number of carboxylic acid groups (broad SMARTS) is 2. The number of hydrogen-bond acceptors (Lipinski definition) is 6. The second-order valence-electron chi connectivity index (χ2n) is 3.63. The molecule has 0 aromatic heterocycles. The van der Waals surface area contributed by atoms with Crippen LogP contribution in [0.4, 0.5) is 0 Å². The lowest BCUT2D eigenvalue weighted by atomic mass is 10.2. The Morgan fingerprint density at radius 3 is 1.42 bits per heavy atom. The van der Waals surface area contributed by atoms with E-state index in [9.17, 15) is 14.4 Å². The Balaban J connectivity index is -0.000000263. The largest absolute Gasteiger partial charge is 0.483 e. The molecule has 0 saturated carbocycles. The van der Waals surface area contributed by atoms with E-state index in [1.54, 1.807) is 44.2 Å². The summed E-state index contributed by atoms with van der Waals surface area (Å²) in [5, 5.41) is 15.3. The number of ether oxygens (including phenoxy) is 2. The van der Waals surface area contributed by atoms with Gasteiger partial charge in [-0.2, -0.15) is 0 Å². The van der Waals surface area contributed by atoms with E-state index in [0.717, 1.165) is 0 Å². The Bertz CT molecular complexity index is 440. The molecule has 2 N–H and O–H groups in total. The Labute approximate surface area is 141 Å². The predicted molar refractivity (Wildman–Crippen MR) is 86.7 cm³/mol. The molecule has 0 atom stereocenters. The number of hydrogen-bond donors (Lipinski definition) is 2. The summed E-state index contributed by atoms with van der Waals surface area (Å²) >= 11 is 0. The standard InChI is InChI=1S/C7H6O2.2C4H8O2.CH2O2/c8-7(9)6-4-2-1-3-5-6;2*1-3-6-4(2)5;2-1-3/h1-5H,(H,8,9);2*3H2,1-2H3;1H,(H,2,3). The average Bonchev–Trinajstić information content (AvgIpc) is 2.50. The van der Waals surface area contributed by atoms with Crippen LogP contribution in [0.2, 0.25) is 0 Å². The molecule has 0 amide bonds. The second kappa shape index (κ2) is 20.1. The van der Waals surface area contributed by atoms with E-state index in [2.05, 4.69) is 9.47 Å². The molecule has 0 aliphatic heterocycles. The molecule has 8 nitrogen and oxygen atoms in total. The van der Waals surface area contributed by atoms with Gasteiger partial charge in [-0.25, -0.2) is 4.79 Å². The minimum absolute atomic E-state index is 0.211. The van der Waals surface area contributed by atoms with Gasteiger partial charge in [0.2, 0.25) is 0 Å². The predicted octanol–water partition coefficient (Wildman–Crippen LogP) is 2.22. The first-order valence-corrected chi connectivity index (χ1v) is 6.89. The van der Waals surface area contributed by atoms with Gasteiger partial charge in [0.05, 0.1) is 18.8 Å². The molecule has 24 heavy (non-hydrogen) atoms. The summed E-state index contributed by atoms with van der Waals surface area (Å²) in [4.78, 5) is 38.2. The van der Waals surface area contributed by atoms with Crippen LogP contribution in [-0.2, 0) is 23.9 Å². The number of carbonyl (C=O) groups excluding carboxylic acids is 2. The van der Waals surface area contributed by atoms with Crippen LogP contribution < -0.4 is 0 Å². The lowest BCUT2D eigenvalue weighted by Gasteiger charge is -1.89. The van der Waals surface area contributed by atoms with Crippen LogP contribution in [0.1, 0.15) is 38.1 Å². The van der Waals surface area contributed by atoms with Crippen LogP contribution in [0, 0.1) is 0 Å². The van der Waals surface area contributed by atoms with E-state index < -0.39 is 5.97 Å². The molecule has 0 unspecified atom stereocenters. The lowest BCUT2D eigenvalue weighted by Crippen LogP contribution is -1.95. The van der Waals surface area contributed by atoms with Crippen molar-refractivity contribution in [1.82, 2.24) is 0 Å². The third-order valence-electron chi connectivity index (χ3n) is 1.72. The molecule has 0 aliphatic carbocycles. The maximum absolute atomic E-state index is 10.2. The number of benzene rings is 1. The van der Waals surface area contributed by atoms with Gasteiger partial charge in [-0.1, -0.05) is 18.2 Å². The van der Waals surface area contributed by atoms with Gasteiger partial charge in [0.15, 0.2) is 0 Å². The monoisotopic (exact) mass is 344 g/mol. The fourth-order valence-corrected chi connectivity index (χ4v) is 0.987. The Kier molecular flexibility index (Phi) is 21.8. The highest BCUT2D eigenvalue weighted by Gasteiger charge is 1.96. The highest BCUT2D eigenvalue weighted by Crippen LogP contribution is 1.96. The second-order valence-corrected chi connectivity index (χ2v) is 3.63. The topological polar surface area (TPSA) is 127 Å².